The van der Waals surface area contributed by atoms with Crippen LogP contribution in [0.4, 0.5) is 0 Å². The van der Waals surface area contributed by atoms with Crippen LogP contribution in [0, 0.1) is 0 Å². The summed E-state index contributed by atoms with van der Waals surface area (Å²) < 4.78 is 14.2. The number of nitrogens with one attached hydrogen (secondary N) is 1. The first-order valence-corrected chi connectivity index (χ1v) is 9.12. The number of imidazole rings is 1. The van der Waals surface area contributed by atoms with Crippen molar-refractivity contribution in [3.05, 3.63) is 44.6 Å². The van der Waals surface area contributed by atoms with Gasteiger partial charge in [0.1, 0.15) is 11.6 Å². The van der Waals surface area contributed by atoms with Crippen molar-refractivity contribution in [2.45, 2.75) is 32.9 Å². The van der Waals surface area contributed by atoms with Gasteiger partial charge in [-0.1, -0.05) is 6.92 Å². The molecular weight excluding hydrogens is 348 g/mol. The first-order chi connectivity index (χ1) is 13.1. The van der Waals surface area contributed by atoms with Crippen molar-refractivity contribution in [3.63, 3.8) is 0 Å². The topological polar surface area (TPSA) is 91.1 Å². The molecule has 0 bridgehead atoms. The lowest BCUT2D eigenvalue weighted by Crippen LogP contribution is -2.31. The Morgan fingerprint density at radius 2 is 2.11 bits per heavy atom. The van der Waals surface area contributed by atoms with E-state index in [1.165, 1.54) is 4.57 Å². The first-order valence-electron chi connectivity index (χ1n) is 9.12. The minimum atomic E-state index is -0.431. The van der Waals surface area contributed by atoms with Gasteiger partial charge in [-0.25, -0.2) is 9.78 Å². The number of fused-ring (bicyclic) bond motifs is 2. The number of hydrogen-bond donors (Lipinski definition) is 1. The molecule has 1 aliphatic heterocycles. The zero-order chi connectivity index (χ0) is 19.0. The lowest BCUT2D eigenvalue weighted by Gasteiger charge is -2.09. The molecule has 0 saturated heterocycles. The van der Waals surface area contributed by atoms with Gasteiger partial charge in [0.05, 0.1) is 13.2 Å². The number of nitrogens with zero attached hydrogens (tertiary/aromatic N) is 3. The predicted molar refractivity (Wildman–Crippen MR) is 101 cm³/mol. The summed E-state index contributed by atoms with van der Waals surface area (Å²) in [6, 6.07) is 5.91. The van der Waals surface area contributed by atoms with Crippen molar-refractivity contribution in [1.29, 1.82) is 0 Å². The normalized spacial score (nSPS) is 13.1. The van der Waals surface area contributed by atoms with Crippen LogP contribution >= 0.6 is 0 Å². The average Bonchev–Trinajstić information content (AvgIpc) is 3.27. The zero-order valence-corrected chi connectivity index (χ0v) is 15.4. The molecule has 3 heterocycles. The van der Waals surface area contributed by atoms with Crippen LogP contribution < -0.4 is 16.0 Å². The van der Waals surface area contributed by atoms with E-state index in [2.05, 4.69) is 4.98 Å². The average molecular weight is 370 g/mol. The molecule has 0 unspecified atom stereocenters. The van der Waals surface area contributed by atoms with E-state index in [1.54, 1.807) is 7.11 Å². The van der Waals surface area contributed by atoms with Crippen molar-refractivity contribution in [2.24, 2.45) is 0 Å². The Bertz CT molecular complexity index is 1110. The Hall–Kier alpha value is -2.87. The summed E-state index contributed by atoms with van der Waals surface area (Å²) in [5.41, 5.74) is 1.96. The Morgan fingerprint density at radius 1 is 1.26 bits per heavy atom. The van der Waals surface area contributed by atoms with Gasteiger partial charge in [0.15, 0.2) is 11.2 Å². The third-order valence-electron chi connectivity index (χ3n) is 4.80. The maximum absolute atomic E-state index is 12.6. The Morgan fingerprint density at radius 3 is 2.89 bits per heavy atom. The van der Waals surface area contributed by atoms with Gasteiger partial charge >= 0.3 is 5.69 Å². The van der Waals surface area contributed by atoms with Crippen LogP contribution in [0.5, 0.6) is 5.75 Å². The van der Waals surface area contributed by atoms with Crippen molar-refractivity contribution in [1.82, 2.24) is 19.1 Å². The van der Waals surface area contributed by atoms with Crippen molar-refractivity contribution in [3.8, 4) is 17.1 Å². The number of ether oxygens (including phenoxy) is 2. The molecule has 0 spiro atoms. The number of hydrogen-bond acceptors (Lipinski definition) is 5. The summed E-state index contributed by atoms with van der Waals surface area (Å²) in [7, 11) is 1.61. The highest BCUT2D eigenvalue weighted by Crippen LogP contribution is 2.31. The first kappa shape index (κ1) is 17.5. The van der Waals surface area contributed by atoms with Crippen LogP contribution in [0.1, 0.15) is 18.9 Å². The largest absolute Gasteiger partial charge is 0.493 e. The van der Waals surface area contributed by atoms with E-state index in [9.17, 15) is 9.59 Å². The quantitative estimate of drug-likeness (QED) is 0.711. The Kier molecular flexibility index (Phi) is 4.57. The fraction of sp³-hybridized carbons (Fsp3) is 0.421. The number of methoxy groups -OCH3 is 1. The van der Waals surface area contributed by atoms with Crippen LogP contribution in [-0.4, -0.2) is 39.4 Å². The zero-order valence-electron chi connectivity index (χ0n) is 15.4. The summed E-state index contributed by atoms with van der Waals surface area (Å²) in [6.07, 6.45) is 1.61. The minimum absolute atomic E-state index is 0.395. The van der Waals surface area contributed by atoms with E-state index >= 15 is 0 Å². The molecule has 0 radical (unpaired) electrons. The molecular formula is C19H22N4O4. The number of benzene rings is 1. The van der Waals surface area contributed by atoms with Gasteiger partial charge in [-0.2, -0.15) is 0 Å². The van der Waals surface area contributed by atoms with E-state index in [0.29, 0.717) is 43.3 Å². The molecule has 3 aromatic rings. The van der Waals surface area contributed by atoms with E-state index in [-0.39, 0.29) is 0 Å². The predicted octanol–water partition coefficient (Wildman–Crippen LogP) is 1.54. The number of aryl methyl sites for hydroxylation is 1. The fourth-order valence-electron chi connectivity index (χ4n) is 3.55. The lowest BCUT2D eigenvalue weighted by atomic mass is 10.1. The van der Waals surface area contributed by atoms with E-state index in [0.717, 1.165) is 29.7 Å². The van der Waals surface area contributed by atoms with E-state index in [1.807, 2.05) is 29.7 Å². The van der Waals surface area contributed by atoms with Crippen LogP contribution in [0.3, 0.4) is 0 Å². The standard InChI is InChI=1S/C19H22N4O4/c1-3-7-23-17-15(18(24)21-19(23)25)22(8-10-26-2)16(20-17)13-4-5-14-12(11-13)6-9-27-14/h4-5,11H,3,6-10H2,1-2H3,(H,21,24,25). The van der Waals surface area contributed by atoms with Gasteiger partial charge in [-0.05, 0) is 30.2 Å². The molecule has 1 aliphatic rings. The monoisotopic (exact) mass is 370 g/mol. The van der Waals surface area contributed by atoms with Gasteiger partial charge in [0.2, 0.25) is 0 Å². The number of rotatable bonds is 6. The maximum atomic E-state index is 12.6. The number of aromatic amines is 1. The summed E-state index contributed by atoms with van der Waals surface area (Å²) >= 11 is 0. The van der Waals surface area contributed by atoms with Gasteiger partial charge in [0, 0.05) is 32.2 Å². The second-order valence-corrected chi connectivity index (χ2v) is 6.58. The number of H-pyrrole nitrogens is 1. The molecule has 1 aromatic carbocycles. The molecule has 8 nitrogen and oxygen atoms in total. The Balaban J connectivity index is 1.99. The summed E-state index contributed by atoms with van der Waals surface area (Å²) in [4.78, 5) is 32.0. The molecule has 0 atom stereocenters. The maximum Gasteiger partial charge on any atom is 0.330 e. The highest BCUT2D eigenvalue weighted by Gasteiger charge is 2.21. The van der Waals surface area contributed by atoms with Crippen molar-refractivity contribution >= 4 is 11.2 Å². The van der Waals surface area contributed by atoms with Gasteiger partial charge < -0.3 is 14.0 Å². The summed E-state index contributed by atoms with van der Waals surface area (Å²) in [5, 5.41) is 0. The fourth-order valence-corrected chi connectivity index (χ4v) is 3.55. The summed E-state index contributed by atoms with van der Waals surface area (Å²) in [5.74, 6) is 1.54. The molecule has 2 aromatic heterocycles. The molecule has 1 N–H and O–H groups in total. The second kappa shape index (κ2) is 7.03. The second-order valence-electron chi connectivity index (χ2n) is 6.58. The van der Waals surface area contributed by atoms with Gasteiger partial charge in [-0.15, -0.1) is 0 Å². The molecule has 0 amide bonds. The smallest absolute Gasteiger partial charge is 0.330 e. The lowest BCUT2D eigenvalue weighted by molar-refractivity contribution is 0.188. The van der Waals surface area contributed by atoms with Crippen molar-refractivity contribution < 1.29 is 9.47 Å². The molecule has 0 saturated carbocycles. The Labute approximate surface area is 155 Å². The highest BCUT2D eigenvalue weighted by atomic mass is 16.5. The van der Waals surface area contributed by atoms with Crippen LogP contribution in [0.2, 0.25) is 0 Å². The SMILES string of the molecule is CCCn1c(=O)[nH]c(=O)c2c1nc(-c1ccc3c(c1)CCO3)n2CCOC. The highest BCUT2D eigenvalue weighted by molar-refractivity contribution is 5.77. The van der Waals surface area contributed by atoms with Gasteiger partial charge in [0.25, 0.3) is 5.56 Å². The molecule has 4 rings (SSSR count). The van der Waals surface area contributed by atoms with E-state index in [4.69, 9.17) is 14.5 Å². The van der Waals surface area contributed by atoms with E-state index < -0.39 is 11.2 Å². The number of aromatic nitrogens is 4. The van der Waals surface area contributed by atoms with Gasteiger partial charge in [-0.3, -0.25) is 14.3 Å². The summed E-state index contributed by atoms with van der Waals surface area (Å²) in [6.45, 7) is 4.04. The van der Waals surface area contributed by atoms with Crippen LogP contribution in [0.25, 0.3) is 22.6 Å². The molecule has 0 aliphatic carbocycles. The molecule has 8 heteroatoms. The third kappa shape index (κ3) is 2.95. The molecule has 0 fully saturated rings. The van der Waals surface area contributed by atoms with Crippen molar-refractivity contribution in [2.75, 3.05) is 20.3 Å². The third-order valence-corrected chi connectivity index (χ3v) is 4.80. The van der Waals surface area contributed by atoms with Crippen LogP contribution in [0.15, 0.2) is 27.8 Å². The molecule has 27 heavy (non-hydrogen) atoms. The minimum Gasteiger partial charge on any atom is -0.493 e. The molecule has 142 valence electrons. The van der Waals surface area contributed by atoms with Crippen LogP contribution in [-0.2, 0) is 24.2 Å².